The number of aliphatic hydroxyl groups is 1. The van der Waals surface area contributed by atoms with Gasteiger partial charge in [-0.2, -0.15) is 0 Å². The Balaban J connectivity index is 1.74. The van der Waals surface area contributed by atoms with Gasteiger partial charge in [-0.25, -0.2) is 4.39 Å². The Bertz CT molecular complexity index is 1230. The van der Waals surface area contributed by atoms with Gasteiger partial charge in [-0.3, -0.25) is 14.5 Å². The van der Waals surface area contributed by atoms with Crippen LogP contribution in [0.25, 0.3) is 5.76 Å². The predicted molar refractivity (Wildman–Crippen MR) is 126 cm³/mol. The Morgan fingerprint density at radius 2 is 1.85 bits per heavy atom. The van der Waals surface area contributed by atoms with E-state index in [-0.39, 0.29) is 17.0 Å². The maximum Gasteiger partial charge on any atom is 0.300 e. The number of furan rings is 1. The van der Waals surface area contributed by atoms with Gasteiger partial charge in [0.2, 0.25) is 0 Å². The molecule has 6 nitrogen and oxygen atoms in total. The molecule has 1 unspecified atom stereocenters. The summed E-state index contributed by atoms with van der Waals surface area (Å²) in [6.07, 6.45) is 3.13. The molecule has 4 rings (SSSR count). The van der Waals surface area contributed by atoms with E-state index in [4.69, 9.17) is 9.15 Å². The van der Waals surface area contributed by atoms with E-state index in [0.717, 1.165) is 24.2 Å². The van der Waals surface area contributed by atoms with Crippen molar-refractivity contribution in [2.24, 2.45) is 0 Å². The van der Waals surface area contributed by atoms with Crippen LogP contribution in [0.1, 0.15) is 49.3 Å². The predicted octanol–water partition coefficient (Wildman–Crippen LogP) is 5.92. The minimum atomic E-state index is -1.04. The second kappa shape index (κ2) is 9.95. The first-order chi connectivity index (χ1) is 16.4. The Labute approximate surface area is 197 Å². The quantitative estimate of drug-likeness (QED) is 0.194. The minimum Gasteiger partial charge on any atom is -0.507 e. The molecule has 0 aliphatic carbocycles. The summed E-state index contributed by atoms with van der Waals surface area (Å²) in [5.74, 6) is -1.13. The number of hydrogen-bond acceptors (Lipinski definition) is 5. The van der Waals surface area contributed by atoms with Crippen LogP contribution in [0.4, 0.5) is 10.1 Å². The van der Waals surface area contributed by atoms with Crippen LogP contribution >= 0.6 is 0 Å². The summed E-state index contributed by atoms with van der Waals surface area (Å²) < 4.78 is 25.4. The number of rotatable bonds is 8. The molecule has 2 heterocycles. The number of aryl methyl sites for hydroxylation is 1. The fraction of sp³-hybridized carbons (Fsp3) is 0.259. The van der Waals surface area contributed by atoms with Gasteiger partial charge in [0.15, 0.2) is 0 Å². The number of halogens is 1. The van der Waals surface area contributed by atoms with Gasteiger partial charge in [0.1, 0.15) is 34.9 Å². The molecule has 1 fully saturated rings. The van der Waals surface area contributed by atoms with Crippen LogP contribution in [0.5, 0.6) is 5.75 Å². The molecule has 1 N–H and O–H groups in total. The Hall–Kier alpha value is -3.87. The monoisotopic (exact) mass is 463 g/mol. The van der Waals surface area contributed by atoms with Crippen LogP contribution < -0.4 is 9.64 Å². The molecule has 1 amide bonds. The van der Waals surface area contributed by atoms with E-state index >= 15 is 0 Å². The summed E-state index contributed by atoms with van der Waals surface area (Å²) in [5.41, 5.74) is 0.419. The van der Waals surface area contributed by atoms with Gasteiger partial charge in [0.05, 0.1) is 12.2 Å². The third-order valence-corrected chi connectivity index (χ3v) is 5.71. The highest BCUT2D eigenvalue weighted by Crippen LogP contribution is 2.42. The fourth-order valence-electron chi connectivity index (χ4n) is 4.00. The van der Waals surface area contributed by atoms with Crippen molar-refractivity contribution in [3.63, 3.8) is 0 Å². The average Bonchev–Trinajstić information content (AvgIpc) is 3.37. The molecule has 1 saturated heterocycles. The second-order valence-corrected chi connectivity index (χ2v) is 8.18. The normalized spacial score (nSPS) is 17.4. The van der Waals surface area contributed by atoms with E-state index in [0.29, 0.717) is 29.4 Å². The lowest BCUT2D eigenvalue weighted by Crippen LogP contribution is -2.29. The molecule has 3 aromatic rings. The molecule has 0 radical (unpaired) electrons. The summed E-state index contributed by atoms with van der Waals surface area (Å²) in [5, 5.41) is 11.1. The number of aliphatic hydroxyl groups excluding tert-OH is 1. The van der Waals surface area contributed by atoms with E-state index < -0.39 is 23.5 Å². The van der Waals surface area contributed by atoms with Gasteiger partial charge in [0.25, 0.3) is 11.7 Å². The van der Waals surface area contributed by atoms with Crippen molar-refractivity contribution >= 4 is 23.1 Å². The van der Waals surface area contributed by atoms with Gasteiger partial charge in [-0.15, -0.1) is 0 Å². The number of nitrogens with zero attached hydrogens (tertiary/aromatic N) is 1. The van der Waals surface area contributed by atoms with Crippen LogP contribution in [0.15, 0.2) is 70.7 Å². The second-order valence-electron chi connectivity index (χ2n) is 8.18. The number of amides is 1. The van der Waals surface area contributed by atoms with E-state index in [2.05, 4.69) is 6.92 Å². The van der Waals surface area contributed by atoms with Gasteiger partial charge in [0, 0.05) is 11.3 Å². The summed E-state index contributed by atoms with van der Waals surface area (Å²) in [4.78, 5) is 27.3. The first-order valence-corrected chi connectivity index (χ1v) is 11.3. The maximum atomic E-state index is 13.9. The number of benzene rings is 2. The molecule has 7 heteroatoms. The van der Waals surface area contributed by atoms with Crippen molar-refractivity contribution in [3.8, 4) is 5.75 Å². The molecule has 0 spiro atoms. The molecular weight excluding hydrogens is 437 g/mol. The molecule has 34 heavy (non-hydrogen) atoms. The molecule has 0 bridgehead atoms. The number of Topliss-reactive ketones (excluding diaryl/α,β-unsaturated/α-hetero) is 1. The molecule has 1 aliphatic heterocycles. The van der Waals surface area contributed by atoms with Crippen molar-refractivity contribution in [1.82, 2.24) is 0 Å². The van der Waals surface area contributed by atoms with Crippen LogP contribution in [-0.2, 0) is 9.59 Å². The number of ketones is 1. The van der Waals surface area contributed by atoms with E-state index in [1.807, 2.05) is 0 Å². The van der Waals surface area contributed by atoms with Crippen molar-refractivity contribution in [3.05, 3.63) is 89.1 Å². The molecule has 1 atom stereocenters. The average molecular weight is 464 g/mol. The zero-order valence-electron chi connectivity index (χ0n) is 19.1. The zero-order valence-corrected chi connectivity index (χ0v) is 19.1. The van der Waals surface area contributed by atoms with Crippen molar-refractivity contribution in [2.75, 3.05) is 11.5 Å². The Kier molecular flexibility index (Phi) is 6.82. The number of hydrogen-bond donors (Lipinski definition) is 1. The van der Waals surface area contributed by atoms with Gasteiger partial charge in [-0.1, -0.05) is 25.8 Å². The molecule has 0 saturated carbocycles. The van der Waals surface area contributed by atoms with Crippen molar-refractivity contribution < 1.29 is 28.2 Å². The summed E-state index contributed by atoms with van der Waals surface area (Å²) in [7, 11) is 0. The smallest absolute Gasteiger partial charge is 0.300 e. The number of carbonyl (C=O) groups is 2. The first kappa shape index (κ1) is 23.3. The van der Waals surface area contributed by atoms with Gasteiger partial charge < -0.3 is 14.3 Å². The third-order valence-electron chi connectivity index (χ3n) is 5.71. The first-order valence-electron chi connectivity index (χ1n) is 11.3. The maximum absolute atomic E-state index is 13.9. The highest BCUT2D eigenvalue weighted by Gasteiger charge is 2.48. The standard InChI is InChI=1S/C27H26FNO5/c1-3-4-5-15-33-21-12-10-18(11-13-21)25(30)23-24(22-14-9-17(2)34-22)29(27(32)26(23)31)20-8-6-7-19(28)16-20/h6-14,16,24,30H,3-5,15H2,1-2H3/b25-23-. The van der Waals surface area contributed by atoms with Gasteiger partial charge >= 0.3 is 0 Å². The lowest BCUT2D eigenvalue weighted by molar-refractivity contribution is -0.132. The van der Waals surface area contributed by atoms with Crippen LogP contribution in [0.3, 0.4) is 0 Å². The van der Waals surface area contributed by atoms with E-state index in [9.17, 15) is 19.1 Å². The zero-order chi connectivity index (χ0) is 24.2. The third kappa shape index (κ3) is 4.59. The summed E-state index contributed by atoms with van der Waals surface area (Å²) in [6.45, 7) is 4.44. The Morgan fingerprint density at radius 3 is 2.50 bits per heavy atom. The number of ether oxygens (including phenoxy) is 1. The summed E-state index contributed by atoms with van der Waals surface area (Å²) >= 11 is 0. The molecule has 176 valence electrons. The molecule has 1 aliphatic rings. The molecule has 2 aromatic carbocycles. The molecule has 1 aromatic heterocycles. The SMILES string of the molecule is CCCCCOc1ccc(/C(O)=C2/C(=O)C(=O)N(c3cccc(F)c3)C2c2ccc(C)o2)cc1. The minimum absolute atomic E-state index is 0.125. The van der Waals surface area contributed by atoms with Crippen LogP contribution in [0, 0.1) is 12.7 Å². The van der Waals surface area contributed by atoms with Crippen molar-refractivity contribution in [2.45, 2.75) is 39.2 Å². The van der Waals surface area contributed by atoms with Gasteiger partial charge in [-0.05, 0) is 67.9 Å². The van der Waals surface area contributed by atoms with Crippen LogP contribution in [0.2, 0.25) is 0 Å². The Morgan fingerprint density at radius 1 is 1.09 bits per heavy atom. The molecular formula is C27H26FNO5. The summed E-state index contributed by atoms with van der Waals surface area (Å²) in [6, 6.07) is 14.4. The lowest BCUT2D eigenvalue weighted by atomic mass is 9.99. The topological polar surface area (TPSA) is 80.0 Å². The fourth-order valence-corrected chi connectivity index (χ4v) is 4.00. The largest absolute Gasteiger partial charge is 0.507 e. The number of unbranched alkanes of at least 4 members (excludes halogenated alkanes) is 2. The lowest BCUT2D eigenvalue weighted by Gasteiger charge is -2.23. The highest BCUT2D eigenvalue weighted by atomic mass is 19.1. The highest BCUT2D eigenvalue weighted by molar-refractivity contribution is 6.51. The number of carbonyl (C=O) groups excluding carboxylic acids is 2. The number of anilines is 1. The van der Waals surface area contributed by atoms with Crippen LogP contribution in [-0.4, -0.2) is 23.4 Å². The van der Waals surface area contributed by atoms with E-state index in [1.54, 1.807) is 43.3 Å². The van der Waals surface area contributed by atoms with E-state index in [1.165, 1.54) is 24.3 Å². The van der Waals surface area contributed by atoms with Crippen molar-refractivity contribution in [1.29, 1.82) is 0 Å².